The third-order valence-corrected chi connectivity index (χ3v) is 3.68. The van der Waals surface area contributed by atoms with E-state index in [9.17, 15) is 4.79 Å². The SMILES string of the molecule is N#CC1CCCN(C(=O)c2cc(Cl)cc(Br)c2)C1. The van der Waals surface area contributed by atoms with Crippen molar-refractivity contribution < 1.29 is 4.79 Å². The number of hydrogen-bond donors (Lipinski definition) is 0. The Bertz CT molecular complexity index is 492. The van der Waals surface area contributed by atoms with Gasteiger partial charge in [0.05, 0.1) is 12.0 Å². The van der Waals surface area contributed by atoms with Gasteiger partial charge in [0.25, 0.3) is 5.91 Å². The van der Waals surface area contributed by atoms with E-state index in [1.165, 1.54) is 0 Å². The molecule has 0 aliphatic carbocycles. The fourth-order valence-corrected chi connectivity index (χ4v) is 2.99. The summed E-state index contributed by atoms with van der Waals surface area (Å²) in [5, 5.41) is 9.46. The highest BCUT2D eigenvalue weighted by Crippen LogP contribution is 2.23. The van der Waals surface area contributed by atoms with Gasteiger partial charge in [-0.05, 0) is 31.0 Å². The third-order valence-electron chi connectivity index (χ3n) is 3.00. The maximum Gasteiger partial charge on any atom is 0.253 e. The van der Waals surface area contributed by atoms with E-state index in [4.69, 9.17) is 16.9 Å². The summed E-state index contributed by atoms with van der Waals surface area (Å²) in [6.07, 6.45) is 1.76. The lowest BCUT2D eigenvalue weighted by Crippen LogP contribution is -2.39. The van der Waals surface area contributed by atoms with Gasteiger partial charge in [-0.15, -0.1) is 0 Å². The molecule has 18 heavy (non-hydrogen) atoms. The second-order valence-electron chi connectivity index (χ2n) is 4.38. The number of nitriles is 1. The molecule has 1 amide bonds. The topological polar surface area (TPSA) is 44.1 Å². The van der Waals surface area contributed by atoms with Crippen molar-refractivity contribution in [1.82, 2.24) is 4.90 Å². The highest BCUT2D eigenvalue weighted by molar-refractivity contribution is 9.10. The molecule has 5 heteroatoms. The van der Waals surface area contributed by atoms with Crippen molar-refractivity contribution in [1.29, 1.82) is 5.26 Å². The number of rotatable bonds is 1. The first-order valence-corrected chi connectivity index (χ1v) is 6.92. The van der Waals surface area contributed by atoms with E-state index in [1.807, 2.05) is 0 Å². The van der Waals surface area contributed by atoms with Crippen molar-refractivity contribution in [3.8, 4) is 6.07 Å². The quantitative estimate of drug-likeness (QED) is 0.792. The highest BCUT2D eigenvalue weighted by atomic mass is 79.9. The average molecular weight is 328 g/mol. The van der Waals surface area contributed by atoms with Gasteiger partial charge in [0.15, 0.2) is 0 Å². The van der Waals surface area contributed by atoms with Crippen LogP contribution in [0.25, 0.3) is 0 Å². The summed E-state index contributed by atoms with van der Waals surface area (Å²) in [6, 6.07) is 7.39. The molecule has 1 aromatic carbocycles. The Kier molecular flexibility index (Phi) is 4.26. The van der Waals surface area contributed by atoms with Crippen LogP contribution in [0.5, 0.6) is 0 Å². The summed E-state index contributed by atoms with van der Waals surface area (Å²) in [7, 11) is 0. The van der Waals surface area contributed by atoms with Crippen LogP contribution >= 0.6 is 27.5 Å². The van der Waals surface area contributed by atoms with E-state index < -0.39 is 0 Å². The van der Waals surface area contributed by atoms with Gasteiger partial charge in [-0.25, -0.2) is 0 Å². The smallest absolute Gasteiger partial charge is 0.253 e. The zero-order chi connectivity index (χ0) is 13.1. The minimum Gasteiger partial charge on any atom is -0.337 e. The van der Waals surface area contributed by atoms with E-state index in [2.05, 4.69) is 22.0 Å². The number of benzene rings is 1. The number of halogens is 2. The van der Waals surface area contributed by atoms with Crippen LogP contribution in [-0.2, 0) is 0 Å². The second-order valence-corrected chi connectivity index (χ2v) is 5.73. The number of carbonyl (C=O) groups is 1. The first kappa shape index (κ1) is 13.4. The Balaban J connectivity index is 2.18. The maximum absolute atomic E-state index is 12.3. The van der Waals surface area contributed by atoms with Crippen LogP contribution < -0.4 is 0 Å². The number of likely N-dealkylation sites (tertiary alicyclic amines) is 1. The van der Waals surface area contributed by atoms with E-state index >= 15 is 0 Å². The molecule has 3 nitrogen and oxygen atoms in total. The van der Waals surface area contributed by atoms with Crippen LogP contribution in [0.4, 0.5) is 0 Å². The number of nitrogens with zero attached hydrogens (tertiary/aromatic N) is 2. The van der Waals surface area contributed by atoms with Gasteiger partial charge in [0.2, 0.25) is 0 Å². The molecule has 1 saturated heterocycles. The van der Waals surface area contributed by atoms with Crippen LogP contribution in [-0.4, -0.2) is 23.9 Å². The van der Waals surface area contributed by atoms with Crippen molar-refractivity contribution in [3.63, 3.8) is 0 Å². The lowest BCUT2D eigenvalue weighted by Gasteiger charge is -2.29. The number of amides is 1. The summed E-state index contributed by atoms with van der Waals surface area (Å²) in [5.41, 5.74) is 0.563. The number of piperidine rings is 1. The highest BCUT2D eigenvalue weighted by Gasteiger charge is 2.24. The van der Waals surface area contributed by atoms with Crippen LogP contribution in [0.15, 0.2) is 22.7 Å². The van der Waals surface area contributed by atoms with Crippen LogP contribution in [0.3, 0.4) is 0 Å². The van der Waals surface area contributed by atoms with Gasteiger partial charge in [-0.2, -0.15) is 5.26 Å². The van der Waals surface area contributed by atoms with E-state index in [1.54, 1.807) is 23.1 Å². The monoisotopic (exact) mass is 326 g/mol. The lowest BCUT2D eigenvalue weighted by atomic mass is 9.99. The van der Waals surface area contributed by atoms with Crippen LogP contribution in [0, 0.1) is 17.2 Å². The van der Waals surface area contributed by atoms with E-state index in [0.717, 1.165) is 17.3 Å². The van der Waals surface area contributed by atoms with Crippen molar-refractivity contribution in [2.24, 2.45) is 5.92 Å². The summed E-state index contributed by atoms with van der Waals surface area (Å²) >= 11 is 9.26. The normalized spacial score (nSPS) is 19.4. The third kappa shape index (κ3) is 3.04. The maximum atomic E-state index is 12.3. The summed E-state index contributed by atoms with van der Waals surface area (Å²) in [5.74, 6) is -0.108. The lowest BCUT2D eigenvalue weighted by molar-refractivity contribution is 0.0698. The molecule has 1 fully saturated rings. The van der Waals surface area contributed by atoms with Crippen molar-refractivity contribution in [3.05, 3.63) is 33.3 Å². The molecule has 1 aliphatic rings. The molecule has 0 radical (unpaired) electrons. The minimum atomic E-state index is -0.0573. The summed E-state index contributed by atoms with van der Waals surface area (Å²) < 4.78 is 0.784. The molecule has 0 spiro atoms. The average Bonchev–Trinajstić information content (AvgIpc) is 2.37. The fourth-order valence-electron chi connectivity index (χ4n) is 2.13. The van der Waals surface area contributed by atoms with Gasteiger partial charge >= 0.3 is 0 Å². The second kappa shape index (κ2) is 5.73. The summed E-state index contributed by atoms with van der Waals surface area (Å²) in [4.78, 5) is 14.0. The van der Waals surface area contributed by atoms with Crippen molar-refractivity contribution in [2.75, 3.05) is 13.1 Å². The molecule has 1 aromatic rings. The Morgan fingerprint density at radius 2 is 2.28 bits per heavy atom. The molecule has 1 unspecified atom stereocenters. The van der Waals surface area contributed by atoms with Crippen molar-refractivity contribution >= 4 is 33.4 Å². The molecule has 0 aromatic heterocycles. The molecule has 0 N–H and O–H groups in total. The minimum absolute atomic E-state index is 0.0506. The fraction of sp³-hybridized carbons (Fsp3) is 0.385. The molecule has 1 atom stereocenters. The molecule has 0 saturated carbocycles. The molecule has 2 rings (SSSR count). The largest absolute Gasteiger partial charge is 0.337 e. The predicted octanol–water partition coefficient (Wildman–Crippen LogP) is 3.48. The standard InChI is InChI=1S/C13H12BrClN2O/c14-11-4-10(5-12(15)6-11)13(18)17-3-1-2-9(7-16)8-17/h4-6,9H,1-3,8H2. The van der Waals surface area contributed by atoms with Gasteiger partial charge in [-0.1, -0.05) is 27.5 Å². The molecule has 0 bridgehead atoms. The van der Waals surface area contributed by atoms with Gasteiger partial charge in [0.1, 0.15) is 0 Å². The predicted molar refractivity (Wildman–Crippen MR) is 73.4 cm³/mol. The van der Waals surface area contributed by atoms with Crippen LogP contribution in [0.1, 0.15) is 23.2 Å². The summed E-state index contributed by atoms with van der Waals surface area (Å²) in [6.45, 7) is 1.22. The zero-order valence-corrected chi connectivity index (χ0v) is 12.0. The Morgan fingerprint density at radius 1 is 1.50 bits per heavy atom. The molecular formula is C13H12BrClN2O. The Labute approximate surface area is 119 Å². The van der Waals surface area contributed by atoms with E-state index in [-0.39, 0.29) is 11.8 Å². The Morgan fingerprint density at radius 3 is 2.94 bits per heavy atom. The molecule has 1 aliphatic heterocycles. The van der Waals surface area contributed by atoms with Gasteiger partial charge in [0, 0.05) is 28.1 Å². The first-order valence-electron chi connectivity index (χ1n) is 5.75. The van der Waals surface area contributed by atoms with E-state index in [0.29, 0.717) is 23.7 Å². The Hall–Kier alpha value is -1.05. The molecular weight excluding hydrogens is 316 g/mol. The molecule has 1 heterocycles. The van der Waals surface area contributed by atoms with Crippen molar-refractivity contribution in [2.45, 2.75) is 12.8 Å². The number of carbonyl (C=O) groups excluding carboxylic acids is 1. The first-order chi connectivity index (χ1) is 8.60. The van der Waals surface area contributed by atoms with Gasteiger partial charge < -0.3 is 4.90 Å². The zero-order valence-electron chi connectivity index (χ0n) is 9.70. The van der Waals surface area contributed by atoms with Crippen LogP contribution in [0.2, 0.25) is 5.02 Å². The molecule has 94 valence electrons. The van der Waals surface area contributed by atoms with Gasteiger partial charge in [-0.3, -0.25) is 4.79 Å². The number of hydrogen-bond acceptors (Lipinski definition) is 2.